The molecule has 182 valence electrons. The lowest BCUT2D eigenvalue weighted by Gasteiger charge is -2.37. The van der Waals surface area contributed by atoms with E-state index >= 15 is 0 Å². The van der Waals surface area contributed by atoms with Crippen molar-refractivity contribution < 1.29 is 23.9 Å². The lowest BCUT2D eigenvalue weighted by molar-refractivity contribution is -0.139. The van der Waals surface area contributed by atoms with Gasteiger partial charge in [0.15, 0.2) is 0 Å². The van der Waals surface area contributed by atoms with Crippen LogP contribution < -0.4 is 14.5 Å². The van der Waals surface area contributed by atoms with Crippen molar-refractivity contribution >= 4 is 46.7 Å². The Bertz CT molecular complexity index is 1340. The zero-order valence-corrected chi connectivity index (χ0v) is 20.0. The minimum Gasteiger partial charge on any atom is -0.426 e. The normalized spacial score (nSPS) is 33.7. The molecule has 4 aliphatic carbocycles. The highest BCUT2D eigenvalue weighted by molar-refractivity contribution is 6.31. The van der Waals surface area contributed by atoms with E-state index < -0.39 is 11.9 Å². The molecular formula is C28H23ClN2O5. The molecular weight excluding hydrogens is 480 g/mol. The Kier molecular flexibility index (Phi) is 4.71. The highest BCUT2D eigenvalue weighted by Crippen LogP contribution is 2.65. The van der Waals surface area contributed by atoms with Crippen molar-refractivity contribution in [3.63, 3.8) is 0 Å². The van der Waals surface area contributed by atoms with Crippen LogP contribution in [0, 0.1) is 41.4 Å². The van der Waals surface area contributed by atoms with Crippen molar-refractivity contribution in [1.82, 2.24) is 0 Å². The van der Waals surface area contributed by atoms with Gasteiger partial charge in [-0.25, -0.2) is 4.90 Å². The van der Waals surface area contributed by atoms with Gasteiger partial charge < -0.3 is 9.64 Å². The van der Waals surface area contributed by atoms with E-state index in [-0.39, 0.29) is 60.1 Å². The summed E-state index contributed by atoms with van der Waals surface area (Å²) >= 11 is 6.05. The van der Waals surface area contributed by atoms with Crippen molar-refractivity contribution in [2.75, 3.05) is 16.3 Å². The smallest absolute Gasteiger partial charge is 0.316 e. The summed E-state index contributed by atoms with van der Waals surface area (Å²) in [4.78, 5) is 55.1. The number of imide groups is 1. The highest BCUT2D eigenvalue weighted by Gasteiger charge is 2.67. The molecule has 2 heterocycles. The van der Waals surface area contributed by atoms with Gasteiger partial charge in [0.05, 0.1) is 23.4 Å². The molecule has 6 aliphatic rings. The summed E-state index contributed by atoms with van der Waals surface area (Å²) < 4.78 is 5.62. The van der Waals surface area contributed by atoms with Crippen molar-refractivity contribution in [3.8, 4) is 5.75 Å². The Morgan fingerprint density at radius 2 is 1.56 bits per heavy atom. The van der Waals surface area contributed by atoms with Gasteiger partial charge in [-0.1, -0.05) is 35.9 Å². The summed E-state index contributed by atoms with van der Waals surface area (Å²) in [5.41, 5.74) is 1.05. The van der Waals surface area contributed by atoms with E-state index in [2.05, 4.69) is 12.2 Å². The third-order valence-electron chi connectivity index (χ3n) is 8.54. The van der Waals surface area contributed by atoms with Crippen LogP contribution in [0.1, 0.15) is 12.8 Å². The van der Waals surface area contributed by atoms with Gasteiger partial charge in [-0.2, -0.15) is 0 Å². The lowest BCUT2D eigenvalue weighted by atomic mass is 9.63. The summed E-state index contributed by atoms with van der Waals surface area (Å²) in [6, 6.07) is 13.5. The molecule has 0 radical (unpaired) electrons. The molecule has 8 rings (SSSR count). The van der Waals surface area contributed by atoms with Gasteiger partial charge in [-0.3, -0.25) is 19.2 Å². The average Bonchev–Trinajstić information content (AvgIpc) is 3.54. The van der Waals surface area contributed by atoms with E-state index in [1.807, 2.05) is 0 Å². The van der Waals surface area contributed by atoms with E-state index in [0.717, 1.165) is 6.42 Å². The Labute approximate surface area is 212 Å². The zero-order valence-electron chi connectivity index (χ0n) is 19.2. The van der Waals surface area contributed by atoms with Crippen LogP contribution in [0.2, 0.25) is 5.02 Å². The van der Waals surface area contributed by atoms with Crippen LogP contribution in [0.5, 0.6) is 5.75 Å². The number of allylic oxidation sites excluding steroid dienone is 2. The van der Waals surface area contributed by atoms with E-state index in [4.69, 9.17) is 16.3 Å². The second-order valence-electron chi connectivity index (χ2n) is 10.5. The average molecular weight is 503 g/mol. The van der Waals surface area contributed by atoms with Crippen LogP contribution in [0.3, 0.4) is 0 Å². The van der Waals surface area contributed by atoms with Crippen LogP contribution in [0.25, 0.3) is 0 Å². The monoisotopic (exact) mass is 502 g/mol. The van der Waals surface area contributed by atoms with Crippen molar-refractivity contribution in [2.45, 2.75) is 12.8 Å². The highest BCUT2D eigenvalue weighted by atomic mass is 35.5. The maximum atomic E-state index is 13.4. The summed E-state index contributed by atoms with van der Waals surface area (Å²) in [5.74, 6) is -0.620. The molecule has 2 saturated carbocycles. The fraction of sp³-hybridized carbons (Fsp3) is 0.357. The van der Waals surface area contributed by atoms with Crippen LogP contribution in [-0.2, 0) is 19.2 Å². The Balaban J connectivity index is 1.08. The molecule has 2 saturated heterocycles. The molecule has 8 heteroatoms. The first-order valence-electron chi connectivity index (χ1n) is 12.3. The van der Waals surface area contributed by atoms with Gasteiger partial charge in [0, 0.05) is 29.7 Å². The number of hydrogen-bond donors (Lipinski definition) is 0. The number of carbonyl (C=O) groups is 4. The number of rotatable bonds is 4. The molecule has 0 spiro atoms. The van der Waals surface area contributed by atoms with Gasteiger partial charge in [-0.05, 0) is 60.4 Å². The molecule has 3 amide bonds. The van der Waals surface area contributed by atoms with E-state index in [1.54, 1.807) is 48.5 Å². The van der Waals surface area contributed by atoms with Gasteiger partial charge in [0.25, 0.3) is 0 Å². The van der Waals surface area contributed by atoms with Crippen LogP contribution >= 0.6 is 11.6 Å². The number of amides is 3. The quantitative estimate of drug-likeness (QED) is 0.274. The molecule has 0 unspecified atom stereocenters. The minimum absolute atomic E-state index is 0.0373. The van der Waals surface area contributed by atoms with Gasteiger partial charge in [0.2, 0.25) is 17.7 Å². The second kappa shape index (κ2) is 7.77. The molecule has 7 atom stereocenters. The zero-order chi connectivity index (χ0) is 24.7. The first-order valence-corrected chi connectivity index (χ1v) is 12.7. The predicted octanol–water partition coefficient (Wildman–Crippen LogP) is 3.86. The summed E-state index contributed by atoms with van der Waals surface area (Å²) in [5, 5.41) is 0.509. The summed E-state index contributed by atoms with van der Waals surface area (Å²) in [6.45, 7) is 0.197. The number of halogens is 1. The Morgan fingerprint density at radius 3 is 2.25 bits per heavy atom. The SMILES string of the molecule is O=C(Oc1cccc(N2C(=O)[C@@H]3[C@H]4C=C[C@@H]([C@@H]5C[C@H]45)[C@@H]3C2=O)c1)[C@@H]1CC(=O)N(c2cccc(Cl)c2)C1. The van der Waals surface area contributed by atoms with Crippen molar-refractivity contribution in [1.29, 1.82) is 0 Å². The van der Waals surface area contributed by atoms with E-state index in [0.29, 0.717) is 28.2 Å². The van der Waals surface area contributed by atoms with Gasteiger partial charge in [-0.15, -0.1) is 0 Å². The molecule has 2 bridgehead atoms. The maximum Gasteiger partial charge on any atom is 0.316 e. The Hall–Kier alpha value is -3.45. The fourth-order valence-corrected chi connectivity index (χ4v) is 7.04. The molecule has 0 N–H and O–H groups in total. The molecule has 4 fully saturated rings. The van der Waals surface area contributed by atoms with Crippen LogP contribution in [-0.4, -0.2) is 30.2 Å². The molecule has 2 aromatic carbocycles. The maximum absolute atomic E-state index is 13.4. The molecule has 0 aromatic heterocycles. The first-order chi connectivity index (χ1) is 17.4. The van der Waals surface area contributed by atoms with Crippen molar-refractivity contribution in [2.24, 2.45) is 41.4 Å². The molecule has 2 aliphatic heterocycles. The standard InChI is InChI=1S/C28H23ClN2O5/c29-15-3-1-4-16(10-15)30-13-14(9-23(30)32)28(35)36-18-6-2-5-17(11-18)31-26(33)24-19-7-8-20(22-12-21(19)22)25(24)27(31)34/h1-8,10-11,14,19-22,24-25H,9,12-13H2/t14-,19+,20+,21-,22+,24-,25+/m1/s1. The summed E-state index contributed by atoms with van der Waals surface area (Å²) in [7, 11) is 0. The minimum atomic E-state index is -0.633. The fourth-order valence-electron chi connectivity index (χ4n) is 6.86. The van der Waals surface area contributed by atoms with E-state index in [9.17, 15) is 19.2 Å². The predicted molar refractivity (Wildman–Crippen MR) is 131 cm³/mol. The third-order valence-corrected chi connectivity index (χ3v) is 8.77. The number of hydrogen-bond acceptors (Lipinski definition) is 5. The topological polar surface area (TPSA) is 84.0 Å². The number of benzene rings is 2. The molecule has 2 aromatic rings. The van der Waals surface area contributed by atoms with Crippen LogP contribution in [0.4, 0.5) is 11.4 Å². The largest absolute Gasteiger partial charge is 0.426 e. The summed E-state index contributed by atoms with van der Waals surface area (Å²) in [6.07, 6.45) is 5.43. The third kappa shape index (κ3) is 3.18. The van der Waals surface area contributed by atoms with Gasteiger partial charge >= 0.3 is 5.97 Å². The van der Waals surface area contributed by atoms with E-state index in [1.165, 1.54) is 9.80 Å². The second-order valence-corrected chi connectivity index (χ2v) is 10.9. The number of esters is 1. The first kappa shape index (κ1) is 21.8. The number of nitrogens with zero attached hydrogens (tertiary/aromatic N) is 2. The number of ether oxygens (including phenoxy) is 1. The lowest BCUT2D eigenvalue weighted by Crippen LogP contribution is -2.40. The number of carbonyl (C=O) groups excluding carboxylic acids is 4. The van der Waals surface area contributed by atoms with Gasteiger partial charge in [0.1, 0.15) is 5.75 Å². The Morgan fingerprint density at radius 1 is 0.889 bits per heavy atom. The number of anilines is 2. The molecule has 36 heavy (non-hydrogen) atoms. The van der Waals surface area contributed by atoms with Crippen molar-refractivity contribution in [3.05, 3.63) is 65.7 Å². The molecule has 7 nitrogen and oxygen atoms in total. The van der Waals surface area contributed by atoms with Crippen LogP contribution in [0.15, 0.2) is 60.7 Å².